The van der Waals surface area contributed by atoms with Crippen LogP contribution < -0.4 is 0 Å². The van der Waals surface area contributed by atoms with E-state index >= 15 is 0 Å². The van der Waals surface area contributed by atoms with Gasteiger partial charge < -0.3 is 9.80 Å². The number of hydrogen-bond acceptors (Lipinski definition) is 3. The quantitative estimate of drug-likeness (QED) is 0.365. The monoisotopic (exact) mass is 448 g/mol. The molecule has 0 fully saturated rings. The molecule has 2 amide bonds. The SMILES string of the molecule is CCCCN(CC(=O)N(Cc1ccccc1)Cc1cccs1)C(=O)CCc1ccccc1. The summed E-state index contributed by atoms with van der Waals surface area (Å²) in [5.41, 5.74) is 2.24. The van der Waals surface area contributed by atoms with Crippen molar-refractivity contribution in [2.45, 2.75) is 45.7 Å². The molecule has 0 aliphatic heterocycles. The molecule has 0 radical (unpaired) electrons. The molecule has 0 saturated heterocycles. The van der Waals surface area contributed by atoms with Gasteiger partial charge in [-0.25, -0.2) is 0 Å². The highest BCUT2D eigenvalue weighted by molar-refractivity contribution is 7.09. The highest BCUT2D eigenvalue weighted by atomic mass is 32.1. The van der Waals surface area contributed by atoms with Gasteiger partial charge in [0, 0.05) is 24.4 Å². The van der Waals surface area contributed by atoms with Crippen LogP contribution in [0.3, 0.4) is 0 Å². The van der Waals surface area contributed by atoms with Crippen LogP contribution in [0.2, 0.25) is 0 Å². The van der Waals surface area contributed by atoms with Gasteiger partial charge in [-0.2, -0.15) is 0 Å². The highest BCUT2D eigenvalue weighted by Crippen LogP contribution is 2.16. The van der Waals surface area contributed by atoms with Crippen LogP contribution in [0.1, 0.15) is 42.2 Å². The van der Waals surface area contributed by atoms with Gasteiger partial charge in [0.2, 0.25) is 11.8 Å². The van der Waals surface area contributed by atoms with Crippen molar-refractivity contribution in [3.8, 4) is 0 Å². The minimum absolute atomic E-state index is 0.00795. The van der Waals surface area contributed by atoms with E-state index in [2.05, 4.69) is 13.0 Å². The summed E-state index contributed by atoms with van der Waals surface area (Å²) >= 11 is 1.65. The molecular weight excluding hydrogens is 416 g/mol. The van der Waals surface area contributed by atoms with E-state index < -0.39 is 0 Å². The maximum absolute atomic E-state index is 13.4. The number of carbonyl (C=O) groups is 2. The Morgan fingerprint density at radius 2 is 1.47 bits per heavy atom. The van der Waals surface area contributed by atoms with Crippen molar-refractivity contribution in [1.29, 1.82) is 0 Å². The van der Waals surface area contributed by atoms with Gasteiger partial charge in [0.05, 0.1) is 13.1 Å². The van der Waals surface area contributed by atoms with Gasteiger partial charge in [-0.15, -0.1) is 11.3 Å². The molecule has 0 unspecified atom stereocenters. The van der Waals surface area contributed by atoms with Crippen molar-refractivity contribution in [2.75, 3.05) is 13.1 Å². The number of amides is 2. The van der Waals surface area contributed by atoms with Crippen LogP contribution in [0, 0.1) is 0 Å². The van der Waals surface area contributed by atoms with Crippen LogP contribution in [-0.2, 0) is 29.1 Å². The van der Waals surface area contributed by atoms with Crippen LogP contribution in [0.15, 0.2) is 78.2 Å². The highest BCUT2D eigenvalue weighted by Gasteiger charge is 2.21. The molecule has 0 atom stereocenters. The van der Waals surface area contributed by atoms with E-state index in [0.29, 0.717) is 32.5 Å². The van der Waals surface area contributed by atoms with E-state index in [1.165, 1.54) is 0 Å². The number of rotatable bonds is 12. The van der Waals surface area contributed by atoms with Gasteiger partial charge in [0.15, 0.2) is 0 Å². The fourth-order valence-electron chi connectivity index (χ4n) is 3.58. The summed E-state index contributed by atoms with van der Waals surface area (Å²) in [5, 5.41) is 2.03. The summed E-state index contributed by atoms with van der Waals surface area (Å²) < 4.78 is 0. The van der Waals surface area contributed by atoms with Crippen LogP contribution in [0.5, 0.6) is 0 Å². The third-order valence-electron chi connectivity index (χ3n) is 5.43. The summed E-state index contributed by atoms with van der Waals surface area (Å²) in [7, 11) is 0. The molecule has 4 nitrogen and oxygen atoms in total. The first-order valence-electron chi connectivity index (χ1n) is 11.3. The second-order valence-electron chi connectivity index (χ2n) is 7.97. The summed E-state index contributed by atoms with van der Waals surface area (Å²) in [6.07, 6.45) is 3.00. The van der Waals surface area contributed by atoms with Crippen molar-refractivity contribution >= 4 is 23.2 Å². The molecule has 3 aromatic rings. The van der Waals surface area contributed by atoms with E-state index in [4.69, 9.17) is 0 Å². The third kappa shape index (κ3) is 7.65. The molecule has 0 aliphatic rings. The van der Waals surface area contributed by atoms with E-state index in [-0.39, 0.29) is 18.4 Å². The Hall–Kier alpha value is -2.92. The molecule has 0 bridgehead atoms. The maximum atomic E-state index is 13.4. The summed E-state index contributed by atoms with van der Waals surface area (Å²) in [6.45, 7) is 3.95. The second kappa shape index (κ2) is 12.8. The Labute approximate surface area is 195 Å². The zero-order valence-electron chi connectivity index (χ0n) is 18.8. The fourth-order valence-corrected chi connectivity index (χ4v) is 4.30. The summed E-state index contributed by atoms with van der Waals surface area (Å²) in [6, 6.07) is 24.1. The number of carbonyl (C=O) groups excluding carboxylic acids is 2. The molecule has 1 aromatic heterocycles. The van der Waals surface area contributed by atoms with E-state index in [1.807, 2.05) is 77.0 Å². The number of nitrogens with zero attached hydrogens (tertiary/aromatic N) is 2. The van der Waals surface area contributed by atoms with Gasteiger partial charge in [-0.1, -0.05) is 80.1 Å². The standard InChI is InChI=1S/C27H32N2O2S/c1-2-3-18-28(26(30)17-16-23-11-6-4-7-12-23)22-27(31)29(21-25-15-10-19-32-25)20-24-13-8-5-9-14-24/h4-15,19H,2-3,16-18,20-22H2,1H3. The molecule has 2 aromatic carbocycles. The minimum Gasteiger partial charge on any atom is -0.333 e. The lowest BCUT2D eigenvalue weighted by Crippen LogP contribution is -2.43. The second-order valence-corrected chi connectivity index (χ2v) is 9.00. The molecule has 0 spiro atoms. The van der Waals surface area contributed by atoms with E-state index in [1.54, 1.807) is 16.2 Å². The normalized spacial score (nSPS) is 10.7. The van der Waals surface area contributed by atoms with Crippen molar-refractivity contribution < 1.29 is 9.59 Å². The summed E-state index contributed by atoms with van der Waals surface area (Å²) in [5.74, 6) is 0.0397. The number of hydrogen-bond donors (Lipinski definition) is 0. The topological polar surface area (TPSA) is 40.6 Å². The third-order valence-corrected chi connectivity index (χ3v) is 6.29. The van der Waals surface area contributed by atoms with Gasteiger partial charge in [-0.3, -0.25) is 9.59 Å². The average Bonchev–Trinajstić information content (AvgIpc) is 3.34. The maximum Gasteiger partial charge on any atom is 0.242 e. The first kappa shape index (κ1) is 23.7. The molecule has 5 heteroatoms. The Bertz CT molecular complexity index is 942. The Morgan fingerprint density at radius 3 is 2.09 bits per heavy atom. The minimum atomic E-state index is -0.00795. The van der Waals surface area contributed by atoms with Crippen LogP contribution in [0.4, 0.5) is 0 Å². The van der Waals surface area contributed by atoms with Crippen molar-refractivity contribution in [1.82, 2.24) is 9.80 Å². The number of aryl methyl sites for hydroxylation is 1. The Kier molecular flexibility index (Phi) is 9.51. The van der Waals surface area contributed by atoms with Crippen LogP contribution >= 0.6 is 11.3 Å². The van der Waals surface area contributed by atoms with Crippen LogP contribution in [0.25, 0.3) is 0 Å². The molecule has 168 valence electrons. The van der Waals surface area contributed by atoms with E-state index in [0.717, 1.165) is 28.8 Å². The Balaban J connectivity index is 1.67. The first-order chi connectivity index (χ1) is 15.7. The zero-order valence-corrected chi connectivity index (χ0v) is 19.6. The van der Waals surface area contributed by atoms with Crippen molar-refractivity contribution in [2.24, 2.45) is 0 Å². The lowest BCUT2D eigenvalue weighted by Gasteiger charge is -2.28. The lowest BCUT2D eigenvalue weighted by molar-refractivity contribution is -0.141. The zero-order chi connectivity index (χ0) is 22.6. The molecule has 0 N–H and O–H groups in total. The lowest BCUT2D eigenvalue weighted by atomic mass is 10.1. The van der Waals surface area contributed by atoms with Crippen molar-refractivity contribution in [3.05, 3.63) is 94.2 Å². The predicted octanol–water partition coefficient (Wildman–Crippen LogP) is 5.54. The Morgan fingerprint density at radius 1 is 0.781 bits per heavy atom. The average molecular weight is 449 g/mol. The molecule has 0 saturated carbocycles. The van der Waals surface area contributed by atoms with E-state index in [9.17, 15) is 9.59 Å². The van der Waals surface area contributed by atoms with Crippen molar-refractivity contribution in [3.63, 3.8) is 0 Å². The number of benzene rings is 2. The molecule has 1 heterocycles. The fraction of sp³-hybridized carbons (Fsp3) is 0.333. The summed E-state index contributed by atoms with van der Waals surface area (Å²) in [4.78, 5) is 31.1. The smallest absolute Gasteiger partial charge is 0.242 e. The molecule has 0 aliphatic carbocycles. The molecular formula is C27H32N2O2S. The van der Waals surface area contributed by atoms with Crippen LogP contribution in [-0.4, -0.2) is 34.7 Å². The van der Waals surface area contributed by atoms with Gasteiger partial charge in [-0.05, 0) is 35.4 Å². The molecule has 3 rings (SSSR count). The van der Waals surface area contributed by atoms with Gasteiger partial charge in [0.1, 0.15) is 0 Å². The first-order valence-corrected chi connectivity index (χ1v) is 12.2. The number of thiophene rings is 1. The number of unbranched alkanes of at least 4 members (excludes halogenated alkanes) is 1. The van der Waals surface area contributed by atoms with Gasteiger partial charge in [0.25, 0.3) is 0 Å². The molecule has 32 heavy (non-hydrogen) atoms. The predicted molar refractivity (Wildman–Crippen MR) is 131 cm³/mol. The van der Waals surface area contributed by atoms with Gasteiger partial charge >= 0.3 is 0 Å². The largest absolute Gasteiger partial charge is 0.333 e.